The summed E-state index contributed by atoms with van der Waals surface area (Å²) in [5.41, 5.74) is 2.61. The zero-order valence-corrected chi connectivity index (χ0v) is 18.3. The second kappa shape index (κ2) is 8.36. The largest absolute Gasteiger partial charge is 0.497 e. The molecule has 2 aromatic carbocycles. The van der Waals surface area contributed by atoms with Crippen LogP contribution in [-0.2, 0) is 19.8 Å². The lowest BCUT2D eigenvalue weighted by Gasteiger charge is -2.19. The smallest absolute Gasteiger partial charge is 0.203 e. The van der Waals surface area contributed by atoms with Crippen LogP contribution in [0.1, 0.15) is 48.6 Å². The van der Waals surface area contributed by atoms with Crippen LogP contribution in [0.15, 0.2) is 54.6 Å². The fourth-order valence-electron chi connectivity index (χ4n) is 4.14. The number of hydrogen-bond donors (Lipinski definition) is 1. The molecule has 1 unspecified atom stereocenters. The first-order valence-corrected chi connectivity index (χ1v) is 11.3. The Balaban J connectivity index is 1.38. The highest BCUT2D eigenvalue weighted by molar-refractivity contribution is 7.71. The SMILES string of the molecule is COc1ccc(C[NH+](Cn2nc(C3CC3)n(Cc3ccccc3)c2=S)C2CC2)cc1. The number of hydrogen-bond acceptors (Lipinski definition) is 3. The number of aromatic nitrogens is 3. The van der Waals surface area contributed by atoms with Gasteiger partial charge in [-0.3, -0.25) is 4.57 Å². The molecule has 0 amide bonds. The molecule has 2 aliphatic carbocycles. The first kappa shape index (κ1) is 19.5. The van der Waals surface area contributed by atoms with Gasteiger partial charge in [0.1, 0.15) is 18.1 Å². The zero-order valence-electron chi connectivity index (χ0n) is 17.5. The third-order valence-corrected chi connectivity index (χ3v) is 6.61. The highest BCUT2D eigenvalue weighted by Crippen LogP contribution is 2.39. The van der Waals surface area contributed by atoms with Crippen molar-refractivity contribution in [2.24, 2.45) is 0 Å². The summed E-state index contributed by atoms with van der Waals surface area (Å²) < 4.78 is 10.5. The van der Waals surface area contributed by atoms with E-state index < -0.39 is 0 Å². The molecule has 1 aromatic heterocycles. The normalized spacial score (nSPS) is 17.1. The van der Waals surface area contributed by atoms with E-state index in [9.17, 15) is 0 Å². The van der Waals surface area contributed by atoms with Crippen molar-refractivity contribution in [2.75, 3.05) is 7.11 Å². The summed E-state index contributed by atoms with van der Waals surface area (Å²) in [7, 11) is 1.71. The van der Waals surface area contributed by atoms with Gasteiger partial charge in [0.05, 0.1) is 19.7 Å². The van der Waals surface area contributed by atoms with Crippen molar-refractivity contribution in [3.63, 3.8) is 0 Å². The lowest BCUT2D eigenvalue weighted by atomic mass is 10.2. The van der Waals surface area contributed by atoms with Crippen LogP contribution in [0, 0.1) is 4.77 Å². The predicted octanol–water partition coefficient (Wildman–Crippen LogP) is 3.55. The molecule has 0 radical (unpaired) electrons. The van der Waals surface area contributed by atoms with Crippen LogP contribution in [0.25, 0.3) is 0 Å². The summed E-state index contributed by atoms with van der Waals surface area (Å²) in [6.45, 7) is 2.63. The Morgan fingerprint density at radius 1 is 1.00 bits per heavy atom. The molecule has 1 heterocycles. The minimum Gasteiger partial charge on any atom is -0.497 e. The number of rotatable bonds is 9. The van der Waals surface area contributed by atoms with Crippen LogP contribution in [0.4, 0.5) is 0 Å². The van der Waals surface area contributed by atoms with E-state index >= 15 is 0 Å². The number of ether oxygens (including phenoxy) is 1. The van der Waals surface area contributed by atoms with Crippen molar-refractivity contribution in [1.82, 2.24) is 14.3 Å². The van der Waals surface area contributed by atoms with Gasteiger partial charge in [-0.05, 0) is 54.9 Å². The fourth-order valence-corrected chi connectivity index (χ4v) is 4.40. The van der Waals surface area contributed by atoms with Gasteiger partial charge in [-0.15, -0.1) is 0 Å². The van der Waals surface area contributed by atoms with Crippen molar-refractivity contribution in [3.8, 4) is 5.75 Å². The summed E-state index contributed by atoms with van der Waals surface area (Å²) in [5, 5.41) is 5.02. The monoisotopic (exact) mass is 421 g/mol. The molecule has 2 saturated carbocycles. The van der Waals surface area contributed by atoms with Gasteiger partial charge in [0.2, 0.25) is 4.77 Å². The van der Waals surface area contributed by atoms with Gasteiger partial charge < -0.3 is 9.64 Å². The number of nitrogens with zero attached hydrogens (tertiary/aromatic N) is 3. The summed E-state index contributed by atoms with van der Waals surface area (Å²) in [4.78, 5) is 1.54. The molecule has 1 N–H and O–H groups in total. The minimum atomic E-state index is 0.572. The maximum Gasteiger partial charge on any atom is 0.203 e. The highest BCUT2D eigenvalue weighted by Gasteiger charge is 2.35. The van der Waals surface area contributed by atoms with Crippen molar-refractivity contribution >= 4 is 12.2 Å². The van der Waals surface area contributed by atoms with E-state index in [0.717, 1.165) is 30.3 Å². The van der Waals surface area contributed by atoms with Gasteiger partial charge in [-0.25, -0.2) is 0 Å². The van der Waals surface area contributed by atoms with Crippen molar-refractivity contribution in [3.05, 3.63) is 76.3 Å². The zero-order chi connectivity index (χ0) is 20.5. The van der Waals surface area contributed by atoms with E-state index in [-0.39, 0.29) is 0 Å². The summed E-state index contributed by atoms with van der Waals surface area (Å²) in [5.74, 6) is 2.65. The lowest BCUT2D eigenvalue weighted by molar-refractivity contribution is -0.947. The average Bonchev–Trinajstić information content (AvgIpc) is 3.69. The predicted molar refractivity (Wildman–Crippen MR) is 119 cm³/mol. The Bertz CT molecular complexity index is 1050. The first-order valence-electron chi connectivity index (χ1n) is 10.9. The Labute approximate surface area is 182 Å². The van der Waals surface area contributed by atoms with Crippen molar-refractivity contribution < 1.29 is 9.64 Å². The summed E-state index contributed by atoms with van der Waals surface area (Å²) in [6.07, 6.45) is 5.04. The number of quaternary nitrogens is 1. The number of nitrogens with one attached hydrogen (secondary N) is 1. The third-order valence-electron chi connectivity index (χ3n) is 6.18. The molecular weight excluding hydrogens is 392 g/mol. The molecule has 0 aliphatic heterocycles. The van der Waals surface area contributed by atoms with Crippen LogP contribution < -0.4 is 9.64 Å². The van der Waals surface area contributed by atoms with Crippen LogP contribution in [0.3, 0.4) is 0 Å². The molecule has 2 fully saturated rings. The van der Waals surface area contributed by atoms with Crippen LogP contribution in [0.2, 0.25) is 0 Å². The molecule has 30 heavy (non-hydrogen) atoms. The second-order valence-corrected chi connectivity index (χ2v) is 8.97. The molecule has 0 bridgehead atoms. The van der Waals surface area contributed by atoms with Gasteiger partial charge in [0, 0.05) is 24.3 Å². The Morgan fingerprint density at radius 3 is 2.37 bits per heavy atom. The molecule has 6 heteroatoms. The molecule has 2 aliphatic rings. The Kier molecular flexibility index (Phi) is 5.44. The Hall–Kier alpha value is -2.44. The second-order valence-electron chi connectivity index (χ2n) is 8.60. The number of methoxy groups -OCH3 is 1. The molecule has 5 rings (SSSR count). The van der Waals surface area contributed by atoms with Gasteiger partial charge in [0.25, 0.3) is 0 Å². The summed E-state index contributed by atoms with van der Waals surface area (Å²) in [6, 6.07) is 19.7. The van der Waals surface area contributed by atoms with Crippen LogP contribution in [-0.4, -0.2) is 27.5 Å². The molecule has 1 atom stereocenters. The topological polar surface area (TPSA) is 36.4 Å². The molecule has 0 saturated heterocycles. The molecule has 5 nitrogen and oxygen atoms in total. The molecule has 0 spiro atoms. The number of benzene rings is 2. The maximum absolute atomic E-state index is 5.92. The van der Waals surface area contributed by atoms with E-state index in [1.807, 2.05) is 12.1 Å². The standard InChI is InChI=1S/C24H28N4OS/c1-29-22-13-7-19(8-14-22)15-26(21-11-12-21)17-28-24(30)27(23(25-28)20-9-10-20)16-18-5-3-2-4-6-18/h2-8,13-14,20-21H,9-12,15-17H2,1H3/p+1. The van der Waals surface area contributed by atoms with Crippen LogP contribution in [0.5, 0.6) is 5.75 Å². The van der Waals surface area contributed by atoms with E-state index in [2.05, 4.69) is 51.7 Å². The van der Waals surface area contributed by atoms with Gasteiger partial charge >= 0.3 is 0 Å². The first-order chi connectivity index (χ1) is 14.7. The quantitative estimate of drug-likeness (QED) is 0.537. The van der Waals surface area contributed by atoms with E-state index in [1.54, 1.807) is 12.0 Å². The lowest BCUT2D eigenvalue weighted by Crippen LogP contribution is -3.11. The Morgan fingerprint density at radius 2 is 1.73 bits per heavy atom. The van der Waals surface area contributed by atoms with Crippen molar-refractivity contribution in [1.29, 1.82) is 0 Å². The van der Waals surface area contributed by atoms with E-state index in [0.29, 0.717) is 12.0 Å². The van der Waals surface area contributed by atoms with E-state index in [1.165, 1.54) is 42.6 Å². The van der Waals surface area contributed by atoms with E-state index in [4.69, 9.17) is 22.1 Å². The van der Waals surface area contributed by atoms with Crippen LogP contribution >= 0.6 is 12.2 Å². The maximum atomic E-state index is 5.92. The minimum absolute atomic E-state index is 0.572. The van der Waals surface area contributed by atoms with Crippen molar-refractivity contribution in [2.45, 2.75) is 57.4 Å². The fraction of sp³-hybridized carbons (Fsp3) is 0.417. The van der Waals surface area contributed by atoms with Gasteiger partial charge in [-0.1, -0.05) is 30.3 Å². The highest BCUT2D eigenvalue weighted by atomic mass is 32.1. The van der Waals surface area contributed by atoms with Gasteiger partial charge in [-0.2, -0.15) is 9.78 Å². The van der Waals surface area contributed by atoms with Gasteiger partial charge in [0.15, 0.2) is 6.67 Å². The summed E-state index contributed by atoms with van der Waals surface area (Å²) >= 11 is 5.92. The molecule has 156 valence electrons. The third kappa shape index (κ3) is 4.35. The molecular formula is C24H29N4OS+. The average molecular weight is 422 g/mol. The molecule has 3 aromatic rings.